The predicted octanol–water partition coefficient (Wildman–Crippen LogP) is 2.57. The van der Waals surface area contributed by atoms with Crippen molar-refractivity contribution in [1.82, 2.24) is 0 Å². The van der Waals surface area contributed by atoms with Crippen LogP contribution in [0.4, 0.5) is 0 Å². The Morgan fingerprint density at radius 3 is 2.53 bits per heavy atom. The molecule has 1 aliphatic rings. The van der Waals surface area contributed by atoms with Gasteiger partial charge in [0.15, 0.2) is 0 Å². The summed E-state index contributed by atoms with van der Waals surface area (Å²) >= 11 is 0. The summed E-state index contributed by atoms with van der Waals surface area (Å²) in [7, 11) is 0. The number of nitrogens with zero attached hydrogens (tertiary/aromatic N) is 1. The average Bonchev–Trinajstić information content (AvgIpc) is 2.60. The van der Waals surface area contributed by atoms with E-state index in [1.54, 1.807) is 12.1 Å². The van der Waals surface area contributed by atoms with E-state index in [2.05, 4.69) is 13.0 Å². The van der Waals surface area contributed by atoms with Crippen LogP contribution in [0.1, 0.15) is 37.3 Å². The molecule has 2 atom stereocenters. The highest BCUT2D eigenvalue weighted by Gasteiger charge is 2.36. The lowest BCUT2D eigenvalue weighted by atomic mass is 9.91. The number of benzene rings is 1. The lowest BCUT2D eigenvalue weighted by molar-refractivity contribution is 0.0408. The van der Waals surface area contributed by atoms with Gasteiger partial charge in [-0.25, -0.2) is 0 Å². The van der Waals surface area contributed by atoms with Crippen molar-refractivity contribution in [2.24, 2.45) is 5.92 Å². The molecular formula is C13H15NO. The molecule has 0 heterocycles. The molecule has 2 rings (SSSR count). The molecule has 2 unspecified atom stereocenters. The van der Waals surface area contributed by atoms with Gasteiger partial charge in [0.2, 0.25) is 0 Å². The molecule has 78 valence electrons. The fourth-order valence-electron chi connectivity index (χ4n) is 2.38. The van der Waals surface area contributed by atoms with Crippen molar-refractivity contribution in [3.05, 3.63) is 35.4 Å². The Balaban J connectivity index is 2.26. The van der Waals surface area contributed by atoms with Gasteiger partial charge in [-0.2, -0.15) is 5.26 Å². The van der Waals surface area contributed by atoms with Crippen LogP contribution in [0.15, 0.2) is 24.3 Å². The van der Waals surface area contributed by atoms with Crippen LogP contribution in [-0.2, 0) is 5.60 Å². The van der Waals surface area contributed by atoms with E-state index in [1.807, 2.05) is 12.1 Å². The van der Waals surface area contributed by atoms with E-state index in [9.17, 15) is 5.11 Å². The summed E-state index contributed by atoms with van der Waals surface area (Å²) in [6, 6.07) is 9.38. The van der Waals surface area contributed by atoms with Gasteiger partial charge in [-0.3, -0.25) is 0 Å². The summed E-state index contributed by atoms with van der Waals surface area (Å²) < 4.78 is 0. The predicted molar refractivity (Wildman–Crippen MR) is 58.1 cm³/mol. The molecule has 0 saturated heterocycles. The monoisotopic (exact) mass is 201 g/mol. The van der Waals surface area contributed by atoms with Crippen molar-refractivity contribution >= 4 is 0 Å². The largest absolute Gasteiger partial charge is 0.385 e. The van der Waals surface area contributed by atoms with Crippen molar-refractivity contribution in [1.29, 1.82) is 5.26 Å². The van der Waals surface area contributed by atoms with E-state index in [-0.39, 0.29) is 0 Å². The Labute approximate surface area is 90.2 Å². The third kappa shape index (κ3) is 1.88. The maximum absolute atomic E-state index is 10.4. The topological polar surface area (TPSA) is 44.0 Å². The fraction of sp³-hybridized carbons (Fsp3) is 0.462. The number of rotatable bonds is 1. The minimum absolute atomic E-state index is 0.589. The molecule has 2 nitrogen and oxygen atoms in total. The zero-order valence-corrected chi connectivity index (χ0v) is 8.90. The maximum atomic E-state index is 10.4. The fourth-order valence-corrected chi connectivity index (χ4v) is 2.38. The quantitative estimate of drug-likeness (QED) is 0.758. The van der Waals surface area contributed by atoms with Gasteiger partial charge in [0.1, 0.15) is 0 Å². The smallest absolute Gasteiger partial charge is 0.0991 e. The summed E-state index contributed by atoms with van der Waals surface area (Å²) in [6.45, 7) is 2.17. The van der Waals surface area contributed by atoms with E-state index in [0.717, 1.165) is 24.8 Å². The highest BCUT2D eigenvalue weighted by molar-refractivity contribution is 5.34. The Morgan fingerprint density at radius 1 is 1.40 bits per heavy atom. The number of nitriles is 1. The normalized spacial score (nSPS) is 30.1. The van der Waals surface area contributed by atoms with Crippen molar-refractivity contribution in [2.75, 3.05) is 0 Å². The van der Waals surface area contributed by atoms with Crippen LogP contribution in [0.5, 0.6) is 0 Å². The van der Waals surface area contributed by atoms with Crippen molar-refractivity contribution in [2.45, 2.75) is 31.8 Å². The van der Waals surface area contributed by atoms with Gasteiger partial charge >= 0.3 is 0 Å². The second kappa shape index (κ2) is 3.67. The molecule has 0 aliphatic heterocycles. The molecule has 1 aromatic rings. The first kappa shape index (κ1) is 10.2. The minimum atomic E-state index is -0.659. The molecule has 1 saturated carbocycles. The van der Waals surface area contributed by atoms with Crippen LogP contribution < -0.4 is 0 Å². The number of hydrogen-bond donors (Lipinski definition) is 1. The molecule has 0 radical (unpaired) electrons. The Hall–Kier alpha value is -1.33. The third-order valence-electron chi connectivity index (χ3n) is 3.29. The molecule has 1 fully saturated rings. The molecule has 0 amide bonds. The van der Waals surface area contributed by atoms with Crippen LogP contribution in [0.3, 0.4) is 0 Å². The van der Waals surface area contributed by atoms with Gasteiger partial charge in [0, 0.05) is 0 Å². The van der Waals surface area contributed by atoms with Gasteiger partial charge in [0.25, 0.3) is 0 Å². The van der Waals surface area contributed by atoms with Crippen molar-refractivity contribution in [3.8, 4) is 6.07 Å². The first-order valence-electron chi connectivity index (χ1n) is 5.37. The molecule has 0 aromatic heterocycles. The number of aliphatic hydroxyl groups is 1. The molecule has 1 aliphatic carbocycles. The SMILES string of the molecule is CC1CCC(O)(c2ccc(C#N)cc2)C1. The Morgan fingerprint density at radius 2 is 2.07 bits per heavy atom. The second-order valence-electron chi connectivity index (χ2n) is 4.57. The van der Waals surface area contributed by atoms with Crippen LogP contribution in [-0.4, -0.2) is 5.11 Å². The molecule has 0 bridgehead atoms. The summed E-state index contributed by atoms with van der Waals surface area (Å²) in [6.07, 6.45) is 2.75. The molecule has 1 aromatic carbocycles. The molecule has 15 heavy (non-hydrogen) atoms. The van der Waals surface area contributed by atoms with E-state index in [0.29, 0.717) is 11.5 Å². The number of hydrogen-bond acceptors (Lipinski definition) is 2. The third-order valence-corrected chi connectivity index (χ3v) is 3.29. The molecule has 0 spiro atoms. The van der Waals surface area contributed by atoms with Crippen LogP contribution in [0, 0.1) is 17.2 Å². The van der Waals surface area contributed by atoms with Crippen LogP contribution in [0.2, 0.25) is 0 Å². The first-order chi connectivity index (χ1) is 7.14. The van der Waals surface area contributed by atoms with E-state index in [1.165, 1.54) is 0 Å². The molecule has 2 heteroatoms. The highest BCUT2D eigenvalue weighted by atomic mass is 16.3. The molecule has 1 N–H and O–H groups in total. The lowest BCUT2D eigenvalue weighted by Gasteiger charge is -2.23. The summed E-state index contributed by atoms with van der Waals surface area (Å²) in [4.78, 5) is 0. The standard InChI is InChI=1S/C13H15NO/c1-10-6-7-13(15,8-10)12-4-2-11(9-14)3-5-12/h2-5,10,15H,6-8H2,1H3. The van der Waals surface area contributed by atoms with Crippen LogP contribution in [0.25, 0.3) is 0 Å². The van der Waals surface area contributed by atoms with E-state index >= 15 is 0 Å². The van der Waals surface area contributed by atoms with E-state index < -0.39 is 5.60 Å². The molecular weight excluding hydrogens is 186 g/mol. The Kier molecular flexibility index (Phi) is 2.50. The zero-order valence-electron chi connectivity index (χ0n) is 8.90. The maximum Gasteiger partial charge on any atom is 0.0991 e. The Bertz CT molecular complexity index is 390. The van der Waals surface area contributed by atoms with Gasteiger partial charge in [-0.1, -0.05) is 19.1 Å². The second-order valence-corrected chi connectivity index (χ2v) is 4.57. The first-order valence-corrected chi connectivity index (χ1v) is 5.37. The van der Waals surface area contributed by atoms with Gasteiger partial charge in [-0.05, 0) is 42.9 Å². The van der Waals surface area contributed by atoms with Crippen molar-refractivity contribution in [3.63, 3.8) is 0 Å². The van der Waals surface area contributed by atoms with Crippen LogP contribution >= 0.6 is 0 Å². The summed E-state index contributed by atoms with van der Waals surface area (Å²) in [5.41, 5.74) is 0.937. The highest BCUT2D eigenvalue weighted by Crippen LogP contribution is 2.41. The lowest BCUT2D eigenvalue weighted by Crippen LogP contribution is -2.21. The zero-order chi connectivity index (χ0) is 10.9. The minimum Gasteiger partial charge on any atom is -0.385 e. The van der Waals surface area contributed by atoms with Crippen molar-refractivity contribution < 1.29 is 5.11 Å². The van der Waals surface area contributed by atoms with Gasteiger partial charge in [-0.15, -0.1) is 0 Å². The van der Waals surface area contributed by atoms with Gasteiger partial charge in [0.05, 0.1) is 17.2 Å². The van der Waals surface area contributed by atoms with E-state index in [4.69, 9.17) is 5.26 Å². The average molecular weight is 201 g/mol. The summed E-state index contributed by atoms with van der Waals surface area (Å²) in [5, 5.41) is 19.1. The van der Waals surface area contributed by atoms with Gasteiger partial charge < -0.3 is 5.11 Å². The summed E-state index contributed by atoms with van der Waals surface area (Å²) in [5.74, 6) is 0.589.